The smallest absolute Gasteiger partial charge is 0.290 e. The fourth-order valence-corrected chi connectivity index (χ4v) is 3.11. The Bertz CT molecular complexity index is 1030. The molecule has 0 atom stereocenters. The first kappa shape index (κ1) is 18.1. The van der Waals surface area contributed by atoms with Gasteiger partial charge in [0.15, 0.2) is 5.69 Å². The van der Waals surface area contributed by atoms with Crippen molar-refractivity contribution in [3.8, 4) is 6.07 Å². The third kappa shape index (κ3) is 3.64. The first-order valence-corrected chi connectivity index (χ1v) is 8.33. The molecule has 0 aliphatic carbocycles. The lowest BCUT2D eigenvalue weighted by molar-refractivity contribution is -0.122. The van der Waals surface area contributed by atoms with E-state index >= 15 is 0 Å². The molecule has 9 nitrogen and oxygen atoms in total. The van der Waals surface area contributed by atoms with E-state index in [2.05, 4.69) is 16.2 Å². The van der Waals surface area contributed by atoms with Gasteiger partial charge >= 0.3 is 0 Å². The van der Waals surface area contributed by atoms with Crippen LogP contribution >= 0.6 is 0 Å². The Morgan fingerprint density at radius 1 is 1.33 bits per heavy atom. The van der Waals surface area contributed by atoms with Gasteiger partial charge in [-0.2, -0.15) is 10.4 Å². The van der Waals surface area contributed by atoms with Crippen molar-refractivity contribution < 1.29 is 14.7 Å². The molecule has 3 aromatic rings. The fraction of sp³-hybridized carbons (Fsp3) is 0.278. The van der Waals surface area contributed by atoms with E-state index in [1.54, 1.807) is 17.0 Å². The number of carbonyl (C=O) groups is 2. The van der Waals surface area contributed by atoms with E-state index in [1.807, 2.05) is 34.6 Å². The third-order valence-corrected chi connectivity index (χ3v) is 4.35. The number of carbonyl (C=O) groups excluding carboxylic acids is 1. The molecule has 0 saturated heterocycles. The Balaban J connectivity index is 0.000000659. The van der Waals surface area contributed by atoms with Crippen LogP contribution in [0.2, 0.25) is 0 Å². The summed E-state index contributed by atoms with van der Waals surface area (Å²) in [4.78, 5) is 27.5. The molecule has 0 radical (unpaired) electrons. The van der Waals surface area contributed by atoms with Gasteiger partial charge in [-0.25, -0.2) is 4.98 Å². The van der Waals surface area contributed by atoms with Crippen molar-refractivity contribution in [2.75, 3.05) is 6.54 Å². The van der Waals surface area contributed by atoms with E-state index in [1.165, 1.54) is 0 Å². The highest BCUT2D eigenvalue weighted by molar-refractivity contribution is 5.94. The number of nitrogens with zero attached hydrogens (tertiary/aromatic N) is 6. The minimum atomic E-state index is -0.250. The van der Waals surface area contributed by atoms with Crippen LogP contribution in [0.25, 0.3) is 11.0 Å². The van der Waals surface area contributed by atoms with Crippen molar-refractivity contribution in [3.63, 3.8) is 0 Å². The minimum absolute atomic E-state index is 0.0914. The summed E-state index contributed by atoms with van der Waals surface area (Å²) < 4.78 is 3.72. The van der Waals surface area contributed by atoms with Gasteiger partial charge < -0.3 is 14.6 Å². The van der Waals surface area contributed by atoms with Gasteiger partial charge in [0.1, 0.15) is 17.4 Å². The Morgan fingerprint density at radius 3 is 2.85 bits per heavy atom. The molecule has 0 spiro atoms. The van der Waals surface area contributed by atoms with Gasteiger partial charge in [-0.3, -0.25) is 14.3 Å². The Morgan fingerprint density at radius 2 is 2.11 bits per heavy atom. The maximum Gasteiger partial charge on any atom is 0.290 e. The number of aromatic nitrogens is 4. The van der Waals surface area contributed by atoms with Crippen LogP contribution in [0.1, 0.15) is 28.3 Å². The second-order valence-corrected chi connectivity index (χ2v) is 6.08. The number of carboxylic acid groups (broad SMARTS) is 1. The summed E-state index contributed by atoms with van der Waals surface area (Å²) in [6, 6.07) is 9.47. The van der Waals surface area contributed by atoms with Crippen molar-refractivity contribution in [1.29, 1.82) is 5.26 Å². The van der Waals surface area contributed by atoms with Crippen LogP contribution in [-0.2, 0) is 24.9 Å². The molecule has 0 unspecified atom stereocenters. The summed E-state index contributed by atoms with van der Waals surface area (Å²) in [5, 5.41) is 21.1. The van der Waals surface area contributed by atoms with Gasteiger partial charge in [-0.1, -0.05) is 0 Å². The Kier molecular flexibility index (Phi) is 5.17. The van der Waals surface area contributed by atoms with Crippen LogP contribution < -0.4 is 0 Å². The van der Waals surface area contributed by atoms with Crippen molar-refractivity contribution >= 4 is 23.4 Å². The zero-order valence-electron chi connectivity index (χ0n) is 14.7. The summed E-state index contributed by atoms with van der Waals surface area (Å²) in [6.07, 6.45) is 2.73. The zero-order chi connectivity index (χ0) is 19.4. The molecule has 0 saturated carbocycles. The monoisotopic (exact) mass is 366 g/mol. The maximum atomic E-state index is 12.9. The molecule has 27 heavy (non-hydrogen) atoms. The number of rotatable bonds is 1. The molecule has 4 heterocycles. The number of fused-ring (bicyclic) bond motifs is 2. The van der Waals surface area contributed by atoms with Crippen LogP contribution in [0.3, 0.4) is 0 Å². The highest BCUT2D eigenvalue weighted by Gasteiger charge is 2.23. The zero-order valence-corrected chi connectivity index (χ0v) is 14.7. The van der Waals surface area contributed by atoms with Crippen molar-refractivity contribution in [2.24, 2.45) is 7.05 Å². The fourth-order valence-electron chi connectivity index (χ4n) is 3.11. The number of amides is 1. The molecule has 138 valence electrons. The lowest BCUT2D eigenvalue weighted by atomic mass is 10.2. The largest absolute Gasteiger partial charge is 0.483 e. The third-order valence-electron chi connectivity index (χ3n) is 4.35. The van der Waals surface area contributed by atoms with E-state index < -0.39 is 0 Å². The van der Waals surface area contributed by atoms with E-state index in [0.29, 0.717) is 31.0 Å². The van der Waals surface area contributed by atoms with E-state index in [-0.39, 0.29) is 12.4 Å². The van der Waals surface area contributed by atoms with Gasteiger partial charge in [0.05, 0.1) is 12.2 Å². The topological polar surface area (TPSA) is 117 Å². The molecule has 1 N–H and O–H groups in total. The molecule has 9 heteroatoms. The van der Waals surface area contributed by atoms with Crippen LogP contribution in [0.5, 0.6) is 0 Å². The van der Waals surface area contributed by atoms with Crippen molar-refractivity contribution in [2.45, 2.75) is 19.5 Å². The van der Waals surface area contributed by atoms with Crippen LogP contribution in [-0.4, -0.2) is 48.3 Å². The molecule has 0 aromatic carbocycles. The highest BCUT2D eigenvalue weighted by atomic mass is 16.3. The Labute approximate surface area is 155 Å². The number of nitriles is 1. The van der Waals surface area contributed by atoms with Gasteiger partial charge in [-0.15, -0.1) is 0 Å². The lowest BCUT2D eigenvalue weighted by Crippen LogP contribution is -2.31. The van der Waals surface area contributed by atoms with E-state index in [0.717, 1.165) is 23.1 Å². The van der Waals surface area contributed by atoms with Crippen LogP contribution in [0, 0.1) is 11.3 Å². The van der Waals surface area contributed by atoms with E-state index in [4.69, 9.17) is 15.2 Å². The molecule has 0 fully saturated rings. The molecule has 1 amide bonds. The SMILES string of the molecule is Cn1ccc2ccc(C(=O)N3CCCn4nc(C#N)cc4C3)nc21.O=CO. The van der Waals surface area contributed by atoms with Crippen LogP contribution in [0.15, 0.2) is 30.5 Å². The molecule has 1 aliphatic rings. The first-order chi connectivity index (χ1) is 13.1. The predicted molar refractivity (Wildman–Crippen MR) is 95.7 cm³/mol. The predicted octanol–water partition coefficient (Wildman–Crippen LogP) is 1.39. The van der Waals surface area contributed by atoms with Gasteiger partial charge in [0.2, 0.25) is 0 Å². The quantitative estimate of drug-likeness (QED) is 0.650. The number of pyridine rings is 1. The van der Waals surface area contributed by atoms with Gasteiger partial charge in [0.25, 0.3) is 12.4 Å². The highest BCUT2D eigenvalue weighted by Crippen LogP contribution is 2.18. The normalized spacial score (nSPS) is 13.1. The summed E-state index contributed by atoms with van der Waals surface area (Å²) >= 11 is 0. The van der Waals surface area contributed by atoms with Gasteiger partial charge in [0, 0.05) is 31.7 Å². The van der Waals surface area contributed by atoms with Crippen LogP contribution in [0.4, 0.5) is 0 Å². The van der Waals surface area contributed by atoms with Gasteiger partial charge in [-0.05, 0) is 30.7 Å². The molecule has 3 aromatic heterocycles. The molecule has 1 aliphatic heterocycles. The second-order valence-electron chi connectivity index (χ2n) is 6.08. The molecular formula is C18H18N6O3. The van der Waals surface area contributed by atoms with E-state index in [9.17, 15) is 4.79 Å². The summed E-state index contributed by atoms with van der Waals surface area (Å²) in [7, 11) is 1.91. The van der Waals surface area contributed by atoms with Crippen molar-refractivity contribution in [3.05, 3.63) is 47.5 Å². The number of aryl methyl sites for hydroxylation is 2. The molecule has 4 rings (SSSR count). The lowest BCUT2D eigenvalue weighted by Gasteiger charge is -2.19. The average Bonchev–Trinajstić information content (AvgIpc) is 3.18. The summed E-state index contributed by atoms with van der Waals surface area (Å²) in [5.41, 5.74) is 2.52. The summed E-state index contributed by atoms with van der Waals surface area (Å²) in [5.74, 6) is -0.0914. The standard InChI is InChI=1S/C17H16N6O.CH2O2/c1-21-8-5-12-3-4-15(19-16(12)21)17(24)22-6-2-7-23-14(11-22)9-13(10-18)20-23;2-1-3/h3-5,8-9H,2,6-7,11H2,1H3;1H,(H,2,3). The second kappa shape index (κ2) is 7.70. The Hall–Kier alpha value is -3.67. The summed E-state index contributed by atoms with van der Waals surface area (Å²) in [6.45, 7) is 1.56. The maximum absolute atomic E-state index is 12.9. The number of hydrogen-bond acceptors (Lipinski definition) is 5. The van der Waals surface area contributed by atoms with Crippen molar-refractivity contribution in [1.82, 2.24) is 24.2 Å². The minimum Gasteiger partial charge on any atom is -0.483 e. The molecule has 0 bridgehead atoms. The molecular weight excluding hydrogens is 348 g/mol. The number of hydrogen-bond donors (Lipinski definition) is 1. The average molecular weight is 366 g/mol. The first-order valence-electron chi connectivity index (χ1n) is 8.33.